The van der Waals surface area contributed by atoms with Crippen LogP contribution < -0.4 is 5.73 Å². The largest absolute Gasteiger partial charge is 0.383 e. The molecule has 6 nitrogen and oxygen atoms in total. The number of pyridine rings is 1. The molecule has 0 unspecified atom stereocenters. The van der Waals surface area contributed by atoms with Crippen molar-refractivity contribution in [3.8, 4) is 0 Å². The summed E-state index contributed by atoms with van der Waals surface area (Å²) >= 11 is 0. The highest BCUT2D eigenvalue weighted by Crippen LogP contribution is 2.25. The lowest BCUT2D eigenvalue weighted by Gasteiger charge is -2.43. The number of nitrogens with zero attached hydrogens (tertiary/aromatic N) is 3. The van der Waals surface area contributed by atoms with Crippen LogP contribution in [0, 0.1) is 5.92 Å². The first-order chi connectivity index (χ1) is 14.4. The third-order valence-electron chi connectivity index (χ3n) is 6.90. The molecule has 1 aromatic carbocycles. The van der Waals surface area contributed by atoms with E-state index in [1.807, 2.05) is 23.1 Å². The van der Waals surface area contributed by atoms with E-state index in [1.54, 1.807) is 6.20 Å². The molecule has 0 bridgehead atoms. The van der Waals surface area contributed by atoms with Gasteiger partial charge in [-0.3, -0.25) is 14.5 Å². The third kappa shape index (κ3) is 4.33. The maximum absolute atomic E-state index is 12.6. The number of fused-ring (bicyclic) bond motifs is 1. The number of amides is 1. The van der Waals surface area contributed by atoms with Crippen molar-refractivity contribution in [2.45, 2.75) is 58.0 Å². The fraction of sp³-hybridized carbons (Fsp3) is 0.542. The van der Waals surface area contributed by atoms with Gasteiger partial charge in [0.15, 0.2) is 0 Å². The maximum Gasteiger partial charge on any atom is 0.236 e. The van der Waals surface area contributed by atoms with Gasteiger partial charge < -0.3 is 10.6 Å². The van der Waals surface area contributed by atoms with Crippen molar-refractivity contribution in [2.75, 3.05) is 25.4 Å². The van der Waals surface area contributed by atoms with E-state index in [0.29, 0.717) is 50.4 Å². The predicted molar refractivity (Wildman–Crippen MR) is 119 cm³/mol. The van der Waals surface area contributed by atoms with Gasteiger partial charge in [0, 0.05) is 43.2 Å². The number of carbonyl (C=O) groups excluding carboxylic acids is 2. The first-order valence-electron chi connectivity index (χ1n) is 11.1. The smallest absolute Gasteiger partial charge is 0.236 e. The standard InChI is InChI=1S/C24H32N4O2/c1-16-4-3-5-17(2)28(16)15-23(30)27-13-20(14-27)22(29)9-7-18-6-8-21-19(12-18)10-11-26-24(21)25/h6,8,10-12,16-17,20H,3-5,7,9,13-15H2,1-2H3,(H2,25,26)/t16-,17+. The molecule has 2 saturated heterocycles. The van der Waals surface area contributed by atoms with Crippen molar-refractivity contribution < 1.29 is 9.59 Å². The number of nitrogen functional groups attached to an aromatic ring is 1. The summed E-state index contributed by atoms with van der Waals surface area (Å²) in [6, 6.07) is 8.94. The minimum atomic E-state index is -0.00884. The molecular weight excluding hydrogens is 376 g/mol. The molecule has 0 radical (unpaired) electrons. The van der Waals surface area contributed by atoms with Crippen LogP contribution >= 0.6 is 0 Å². The van der Waals surface area contributed by atoms with Gasteiger partial charge in [-0.2, -0.15) is 0 Å². The van der Waals surface area contributed by atoms with Crippen molar-refractivity contribution in [3.63, 3.8) is 0 Å². The molecule has 6 heteroatoms. The van der Waals surface area contributed by atoms with Gasteiger partial charge in [-0.25, -0.2) is 4.98 Å². The van der Waals surface area contributed by atoms with Gasteiger partial charge in [-0.1, -0.05) is 24.6 Å². The van der Waals surface area contributed by atoms with Gasteiger partial charge in [0.05, 0.1) is 12.5 Å². The molecule has 3 heterocycles. The SMILES string of the molecule is C[C@@H]1CCC[C@H](C)N1CC(=O)N1CC(C(=O)CCc2ccc3c(N)nccc3c2)C1. The van der Waals surface area contributed by atoms with E-state index in [2.05, 4.69) is 29.8 Å². The van der Waals surface area contributed by atoms with E-state index >= 15 is 0 Å². The van der Waals surface area contributed by atoms with E-state index in [0.717, 1.165) is 29.2 Å². The minimum Gasteiger partial charge on any atom is -0.383 e. The molecule has 160 valence electrons. The van der Waals surface area contributed by atoms with Crippen molar-refractivity contribution in [1.29, 1.82) is 0 Å². The maximum atomic E-state index is 12.6. The number of Topliss-reactive ketones (excluding diaryl/α,β-unsaturated/α-hetero) is 1. The number of benzene rings is 1. The van der Waals surface area contributed by atoms with E-state index in [9.17, 15) is 9.59 Å². The number of carbonyl (C=O) groups is 2. The Morgan fingerprint density at radius 3 is 2.60 bits per heavy atom. The lowest BCUT2D eigenvalue weighted by atomic mass is 9.90. The quantitative estimate of drug-likeness (QED) is 0.795. The zero-order chi connectivity index (χ0) is 21.3. The van der Waals surface area contributed by atoms with Crippen LogP contribution in [0.4, 0.5) is 5.82 Å². The lowest BCUT2D eigenvalue weighted by molar-refractivity contribution is -0.144. The summed E-state index contributed by atoms with van der Waals surface area (Å²) in [5.41, 5.74) is 7.03. The van der Waals surface area contributed by atoms with E-state index in [-0.39, 0.29) is 17.6 Å². The highest BCUT2D eigenvalue weighted by molar-refractivity contribution is 5.91. The van der Waals surface area contributed by atoms with Gasteiger partial charge in [-0.15, -0.1) is 0 Å². The first kappa shape index (κ1) is 20.8. The van der Waals surface area contributed by atoms with Crippen molar-refractivity contribution in [2.24, 2.45) is 5.92 Å². The summed E-state index contributed by atoms with van der Waals surface area (Å²) in [6.45, 7) is 6.06. The van der Waals surface area contributed by atoms with Crippen LogP contribution in [0.1, 0.15) is 45.1 Å². The van der Waals surface area contributed by atoms with Crippen LogP contribution in [-0.4, -0.2) is 58.2 Å². The molecule has 1 amide bonds. The summed E-state index contributed by atoms with van der Waals surface area (Å²) in [5, 5.41) is 1.99. The first-order valence-corrected chi connectivity index (χ1v) is 11.1. The Bertz CT molecular complexity index is 928. The number of piperidine rings is 1. The van der Waals surface area contributed by atoms with Gasteiger partial charge in [0.25, 0.3) is 0 Å². The molecule has 2 aliphatic heterocycles. The Hall–Kier alpha value is -2.47. The molecule has 2 fully saturated rings. The molecule has 1 aromatic heterocycles. The van der Waals surface area contributed by atoms with Crippen LogP contribution in [0.5, 0.6) is 0 Å². The van der Waals surface area contributed by atoms with Crippen molar-refractivity contribution >= 4 is 28.3 Å². The molecule has 2 N–H and O–H groups in total. The topological polar surface area (TPSA) is 79.5 Å². The van der Waals surface area contributed by atoms with Gasteiger partial charge >= 0.3 is 0 Å². The van der Waals surface area contributed by atoms with E-state index < -0.39 is 0 Å². The second-order valence-electron chi connectivity index (χ2n) is 9.01. The Balaban J connectivity index is 1.25. The van der Waals surface area contributed by atoms with E-state index in [1.165, 1.54) is 6.42 Å². The summed E-state index contributed by atoms with van der Waals surface area (Å²) in [4.78, 5) is 33.5. The van der Waals surface area contributed by atoms with Crippen LogP contribution in [-0.2, 0) is 16.0 Å². The molecular formula is C24H32N4O2. The second-order valence-corrected chi connectivity index (χ2v) is 9.01. The van der Waals surface area contributed by atoms with Crippen LogP contribution in [0.3, 0.4) is 0 Å². The fourth-order valence-corrected chi connectivity index (χ4v) is 4.81. The number of nitrogens with two attached hydrogens (primary N) is 1. The molecule has 0 aliphatic carbocycles. The molecule has 0 saturated carbocycles. The number of rotatable bonds is 6. The monoisotopic (exact) mass is 408 g/mol. The Labute approximate surface area is 178 Å². The minimum absolute atomic E-state index is 0.00884. The molecule has 2 atom stereocenters. The molecule has 0 spiro atoms. The molecule has 2 aromatic rings. The number of likely N-dealkylation sites (tertiary alicyclic amines) is 2. The van der Waals surface area contributed by atoms with Gasteiger partial charge in [0.1, 0.15) is 11.6 Å². The van der Waals surface area contributed by atoms with Crippen LogP contribution in [0.15, 0.2) is 30.5 Å². The van der Waals surface area contributed by atoms with Gasteiger partial charge in [-0.05, 0) is 50.1 Å². The molecule has 2 aliphatic rings. The average Bonchev–Trinajstić information content (AvgIpc) is 2.68. The summed E-state index contributed by atoms with van der Waals surface area (Å²) < 4.78 is 0. The Morgan fingerprint density at radius 2 is 1.87 bits per heavy atom. The number of hydrogen-bond donors (Lipinski definition) is 1. The number of anilines is 1. The lowest BCUT2D eigenvalue weighted by Crippen LogP contribution is -2.57. The molecule has 30 heavy (non-hydrogen) atoms. The molecule has 4 rings (SSSR count). The fourth-order valence-electron chi connectivity index (χ4n) is 4.81. The number of ketones is 1. The van der Waals surface area contributed by atoms with Crippen LogP contribution in [0.25, 0.3) is 10.8 Å². The number of aromatic nitrogens is 1. The summed E-state index contributed by atoms with van der Waals surface area (Å²) in [5.74, 6) is 0.946. The summed E-state index contributed by atoms with van der Waals surface area (Å²) in [6.07, 6.45) is 6.50. The Morgan fingerprint density at radius 1 is 1.13 bits per heavy atom. The zero-order valence-corrected chi connectivity index (χ0v) is 18.0. The third-order valence-corrected chi connectivity index (χ3v) is 6.90. The average molecular weight is 409 g/mol. The van der Waals surface area contributed by atoms with Gasteiger partial charge in [0.2, 0.25) is 5.91 Å². The second kappa shape index (κ2) is 8.72. The normalized spacial score (nSPS) is 22.8. The number of aryl methyl sites for hydroxylation is 1. The zero-order valence-electron chi connectivity index (χ0n) is 18.0. The van der Waals surface area contributed by atoms with Crippen molar-refractivity contribution in [1.82, 2.24) is 14.8 Å². The highest BCUT2D eigenvalue weighted by atomic mass is 16.2. The van der Waals surface area contributed by atoms with Crippen molar-refractivity contribution in [3.05, 3.63) is 36.0 Å². The Kier molecular flexibility index (Phi) is 6.04. The highest BCUT2D eigenvalue weighted by Gasteiger charge is 2.36. The van der Waals surface area contributed by atoms with Crippen LogP contribution in [0.2, 0.25) is 0 Å². The number of hydrogen-bond acceptors (Lipinski definition) is 5. The summed E-state index contributed by atoms with van der Waals surface area (Å²) in [7, 11) is 0. The van der Waals surface area contributed by atoms with E-state index in [4.69, 9.17) is 5.73 Å². The predicted octanol–water partition coefficient (Wildman–Crippen LogP) is 3.04.